The summed E-state index contributed by atoms with van der Waals surface area (Å²) in [5.41, 5.74) is 0. The second kappa shape index (κ2) is 8.62. The van der Waals surface area contributed by atoms with E-state index < -0.39 is 0 Å². The van der Waals surface area contributed by atoms with Crippen molar-refractivity contribution < 1.29 is 19.5 Å². The minimum Gasteiger partial charge on any atom is -0.340 e. The molecule has 0 aromatic heterocycles. The van der Waals surface area contributed by atoms with E-state index in [9.17, 15) is 0 Å². The zero-order chi connectivity index (χ0) is 6.41. The van der Waals surface area contributed by atoms with Crippen LogP contribution >= 0.6 is 0 Å². The Morgan fingerprint density at radius 1 is 1.33 bits per heavy atom. The largest absolute Gasteiger partial charge is 1.00 e. The van der Waals surface area contributed by atoms with Crippen molar-refractivity contribution in [2.24, 2.45) is 5.92 Å². The molecular formula is C8H17Ru. The molecule has 0 aliphatic carbocycles. The van der Waals surface area contributed by atoms with E-state index in [-0.39, 0.29) is 19.5 Å². The predicted octanol–water partition coefficient (Wildman–Crippen LogP) is 3.03. The van der Waals surface area contributed by atoms with Crippen LogP contribution in [0.5, 0.6) is 0 Å². The Bertz CT molecular complexity index is 43.8. The third-order valence-corrected chi connectivity index (χ3v) is 1.54. The third kappa shape index (κ3) is 8.62. The summed E-state index contributed by atoms with van der Waals surface area (Å²) in [6, 6.07) is 0. The first-order valence-electron chi connectivity index (χ1n) is 3.64. The molecule has 0 aromatic carbocycles. The van der Waals surface area contributed by atoms with E-state index in [1.54, 1.807) is 0 Å². The molecular weight excluding hydrogens is 197 g/mol. The average Bonchev–Trinajstić information content (AvgIpc) is 1.83. The molecule has 1 unspecified atom stereocenters. The number of unbranched alkanes of at least 4 members (excludes halogenated alkanes) is 1. The van der Waals surface area contributed by atoms with Gasteiger partial charge < -0.3 is 6.92 Å². The van der Waals surface area contributed by atoms with Crippen LogP contribution in [0.1, 0.15) is 39.5 Å². The molecule has 0 aliphatic rings. The van der Waals surface area contributed by atoms with Crippen LogP contribution in [0.2, 0.25) is 0 Å². The van der Waals surface area contributed by atoms with Crippen LogP contribution in [0, 0.1) is 12.8 Å². The maximum Gasteiger partial charge on any atom is 1.00 e. The average molecular weight is 214 g/mol. The molecule has 0 saturated carbocycles. The van der Waals surface area contributed by atoms with E-state index in [2.05, 4.69) is 20.8 Å². The van der Waals surface area contributed by atoms with E-state index >= 15 is 0 Å². The summed E-state index contributed by atoms with van der Waals surface area (Å²) in [5, 5.41) is 0. The molecule has 0 fully saturated rings. The van der Waals surface area contributed by atoms with Crippen molar-refractivity contribution in [1.82, 2.24) is 0 Å². The van der Waals surface area contributed by atoms with Crippen molar-refractivity contribution in [2.75, 3.05) is 0 Å². The van der Waals surface area contributed by atoms with Gasteiger partial charge in [0.25, 0.3) is 0 Å². The summed E-state index contributed by atoms with van der Waals surface area (Å²) < 4.78 is 0. The summed E-state index contributed by atoms with van der Waals surface area (Å²) in [7, 11) is 0. The van der Waals surface area contributed by atoms with Gasteiger partial charge in [0.2, 0.25) is 0 Å². The fourth-order valence-corrected chi connectivity index (χ4v) is 0.697. The van der Waals surface area contributed by atoms with Gasteiger partial charge in [-0.25, -0.2) is 0 Å². The Morgan fingerprint density at radius 3 is 2.22 bits per heavy atom. The summed E-state index contributed by atoms with van der Waals surface area (Å²) in [5.74, 6) is 0.704. The number of hydrogen-bond acceptors (Lipinski definition) is 0. The zero-order valence-corrected chi connectivity index (χ0v) is 8.20. The predicted molar refractivity (Wildman–Crippen MR) is 38.7 cm³/mol. The molecule has 0 aliphatic heterocycles. The van der Waals surface area contributed by atoms with Crippen LogP contribution in [0.15, 0.2) is 0 Å². The van der Waals surface area contributed by atoms with Gasteiger partial charge in [0.15, 0.2) is 0 Å². The van der Waals surface area contributed by atoms with Crippen molar-refractivity contribution in [3.8, 4) is 0 Å². The molecule has 0 N–H and O–H groups in total. The first-order chi connectivity index (χ1) is 3.81. The molecule has 1 heteroatoms. The van der Waals surface area contributed by atoms with Crippen LogP contribution in [-0.2, 0) is 19.5 Å². The first-order valence-corrected chi connectivity index (χ1v) is 3.64. The van der Waals surface area contributed by atoms with Crippen molar-refractivity contribution in [2.45, 2.75) is 39.5 Å². The van der Waals surface area contributed by atoms with Crippen LogP contribution in [0.25, 0.3) is 0 Å². The van der Waals surface area contributed by atoms with Gasteiger partial charge in [0.05, 0.1) is 0 Å². The Hall–Kier alpha value is 0.623. The fraction of sp³-hybridized carbons (Fsp3) is 0.875. The number of hydrogen-bond donors (Lipinski definition) is 0. The van der Waals surface area contributed by atoms with Gasteiger partial charge in [-0.1, -0.05) is 39.5 Å². The van der Waals surface area contributed by atoms with E-state index in [0.29, 0.717) is 5.92 Å². The second-order valence-corrected chi connectivity index (χ2v) is 2.42. The van der Waals surface area contributed by atoms with Crippen LogP contribution < -0.4 is 0 Å². The van der Waals surface area contributed by atoms with Gasteiger partial charge in [-0.15, -0.1) is 0 Å². The summed E-state index contributed by atoms with van der Waals surface area (Å²) >= 11 is 0. The molecule has 1 atom stereocenters. The minimum absolute atomic E-state index is 0. The molecule has 0 saturated heterocycles. The zero-order valence-electron chi connectivity index (χ0n) is 6.47. The Labute approximate surface area is 72.2 Å². The molecule has 0 rings (SSSR count). The topological polar surface area (TPSA) is 0 Å². The molecule has 0 heterocycles. The monoisotopic (exact) mass is 215 g/mol. The quantitative estimate of drug-likeness (QED) is 0.498. The molecule has 0 spiro atoms. The maximum atomic E-state index is 3.99. The van der Waals surface area contributed by atoms with Gasteiger partial charge in [-0.2, -0.15) is 5.92 Å². The maximum absolute atomic E-state index is 3.99. The van der Waals surface area contributed by atoms with Crippen molar-refractivity contribution >= 4 is 0 Å². The summed E-state index contributed by atoms with van der Waals surface area (Å²) in [6.45, 7) is 8.42. The third-order valence-electron chi connectivity index (χ3n) is 1.54. The van der Waals surface area contributed by atoms with Crippen LogP contribution in [0.4, 0.5) is 0 Å². The fourth-order valence-electron chi connectivity index (χ4n) is 0.697. The molecule has 0 aromatic rings. The van der Waals surface area contributed by atoms with Gasteiger partial charge in [-0.05, 0) is 0 Å². The van der Waals surface area contributed by atoms with Crippen LogP contribution in [0.3, 0.4) is 0 Å². The smallest absolute Gasteiger partial charge is 0.340 e. The van der Waals surface area contributed by atoms with E-state index in [1.807, 2.05) is 0 Å². The standard InChI is InChI=1S/C8H17.Ru/c1-4-6-7-8(3)5-2;/h8H,3-7H2,1-2H3;/q-1;+1. The molecule has 57 valence electrons. The van der Waals surface area contributed by atoms with Gasteiger partial charge >= 0.3 is 19.5 Å². The Kier molecular flexibility index (Phi) is 11.8. The van der Waals surface area contributed by atoms with Gasteiger partial charge in [0, 0.05) is 0 Å². The van der Waals surface area contributed by atoms with E-state index in [1.165, 1.54) is 25.7 Å². The van der Waals surface area contributed by atoms with E-state index in [4.69, 9.17) is 0 Å². The van der Waals surface area contributed by atoms with Crippen molar-refractivity contribution in [3.63, 3.8) is 0 Å². The molecule has 9 heavy (non-hydrogen) atoms. The molecule has 0 amide bonds. The second-order valence-electron chi connectivity index (χ2n) is 2.42. The normalized spacial score (nSPS) is 12.3. The molecule has 1 radical (unpaired) electrons. The Balaban J connectivity index is 0. The summed E-state index contributed by atoms with van der Waals surface area (Å²) in [4.78, 5) is 0. The first kappa shape index (κ1) is 12.3. The van der Waals surface area contributed by atoms with Crippen LogP contribution in [-0.4, -0.2) is 0 Å². The Morgan fingerprint density at radius 2 is 1.89 bits per heavy atom. The molecule has 0 bridgehead atoms. The van der Waals surface area contributed by atoms with E-state index in [0.717, 1.165) is 0 Å². The van der Waals surface area contributed by atoms with Gasteiger partial charge in [0.1, 0.15) is 0 Å². The summed E-state index contributed by atoms with van der Waals surface area (Å²) in [6.07, 6.45) is 5.21. The van der Waals surface area contributed by atoms with Gasteiger partial charge in [-0.3, -0.25) is 0 Å². The number of rotatable bonds is 4. The SMILES string of the molecule is [CH2-]C(CC)CCCC.[Ru+]. The minimum atomic E-state index is 0. The molecule has 0 nitrogen and oxygen atoms in total. The van der Waals surface area contributed by atoms with Crippen molar-refractivity contribution in [3.05, 3.63) is 6.92 Å². The van der Waals surface area contributed by atoms with Crippen molar-refractivity contribution in [1.29, 1.82) is 0 Å².